The van der Waals surface area contributed by atoms with Crippen LogP contribution in [0, 0.1) is 19.7 Å². The quantitative estimate of drug-likeness (QED) is 0.840. The maximum absolute atomic E-state index is 13.1. The van der Waals surface area contributed by atoms with Crippen LogP contribution in [0.15, 0.2) is 18.2 Å². The van der Waals surface area contributed by atoms with Gasteiger partial charge in [0.15, 0.2) is 0 Å². The van der Waals surface area contributed by atoms with Gasteiger partial charge in [-0.25, -0.2) is 9.37 Å². The highest BCUT2D eigenvalue weighted by molar-refractivity contribution is 7.11. The molecule has 0 amide bonds. The summed E-state index contributed by atoms with van der Waals surface area (Å²) in [4.78, 5) is 5.48. The Bertz CT molecular complexity index is 549. The van der Waals surface area contributed by atoms with Crippen molar-refractivity contribution in [1.82, 2.24) is 4.98 Å². The second kappa shape index (κ2) is 5.04. The molecule has 96 valence electrons. The first-order valence-electron chi connectivity index (χ1n) is 5.63. The minimum atomic E-state index is -0.828. The van der Waals surface area contributed by atoms with E-state index in [0.717, 1.165) is 15.6 Å². The van der Waals surface area contributed by atoms with Crippen molar-refractivity contribution in [2.45, 2.75) is 26.4 Å². The number of benzene rings is 1. The van der Waals surface area contributed by atoms with Crippen molar-refractivity contribution >= 4 is 17.0 Å². The van der Waals surface area contributed by atoms with Crippen LogP contribution in [-0.4, -0.2) is 10.1 Å². The predicted molar refractivity (Wildman–Crippen MR) is 71.1 cm³/mol. The maximum Gasteiger partial charge on any atom is 0.123 e. The van der Waals surface area contributed by atoms with Gasteiger partial charge in [0.1, 0.15) is 5.82 Å². The molecule has 0 bridgehead atoms. The van der Waals surface area contributed by atoms with E-state index in [9.17, 15) is 9.50 Å². The molecule has 0 spiro atoms. The van der Waals surface area contributed by atoms with Gasteiger partial charge < -0.3 is 10.8 Å². The molecule has 2 aromatic rings. The fourth-order valence-corrected chi connectivity index (χ4v) is 2.71. The summed E-state index contributed by atoms with van der Waals surface area (Å²) >= 11 is 1.54. The molecular formula is C13H15FN2OS. The number of rotatable bonds is 3. The number of aromatic nitrogens is 1. The van der Waals surface area contributed by atoms with Crippen LogP contribution >= 0.6 is 11.3 Å². The molecule has 1 aromatic carbocycles. The van der Waals surface area contributed by atoms with Crippen molar-refractivity contribution in [1.29, 1.82) is 0 Å². The molecule has 1 atom stereocenters. The van der Waals surface area contributed by atoms with Crippen LogP contribution in [0.4, 0.5) is 10.1 Å². The van der Waals surface area contributed by atoms with Gasteiger partial charge in [0.2, 0.25) is 0 Å². The third-order valence-electron chi connectivity index (χ3n) is 2.85. The molecule has 2 rings (SSSR count). The highest BCUT2D eigenvalue weighted by Crippen LogP contribution is 2.27. The molecule has 0 aliphatic rings. The van der Waals surface area contributed by atoms with Gasteiger partial charge >= 0.3 is 0 Å². The van der Waals surface area contributed by atoms with Crippen LogP contribution in [0.2, 0.25) is 0 Å². The van der Waals surface area contributed by atoms with Gasteiger partial charge in [-0.05, 0) is 32.0 Å². The first-order chi connectivity index (χ1) is 8.47. The van der Waals surface area contributed by atoms with E-state index in [0.29, 0.717) is 17.7 Å². The van der Waals surface area contributed by atoms with Gasteiger partial charge in [-0.2, -0.15) is 0 Å². The highest BCUT2D eigenvalue weighted by Gasteiger charge is 2.15. The lowest BCUT2D eigenvalue weighted by molar-refractivity contribution is 0.178. The lowest BCUT2D eigenvalue weighted by Crippen LogP contribution is -2.05. The van der Waals surface area contributed by atoms with E-state index < -0.39 is 11.9 Å². The average Bonchev–Trinajstić information content (AvgIpc) is 2.61. The zero-order valence-electron chi connectivity index (χ0n) is 10.3. The Labute approximate surface area is 109 Å². The zero-order chi connectivity index (χ0) is 13.3. The molecule has 1 heterocycles. The molecule has 5 heteroatoms. The standard InChI is InChI=1S/C13H15FN2OS/c1-7-8(2)18-13(16-7)6-12(17)10-5-9(14)3-4-11(10)15/h3-5,12,17H,6,15H2,1-2H3. The zero-order valence-corrected chi connectivity index (χ0v) is 11.1. The van der Waals surface area contributed by atoms with Crippen molar-refractivity contribution in [3.05, 3.63) is 45.2 Å². The summed E-state index contributed by atoms with van der Waals surface area (Å²) in [5.41, 5.74) is 7.52. The van der Waals surface area contributed by atoms with E-state index >= 15 is 0 Å². The Morgan fingerprint density at radius 2 is 2.17 bits per heavy atom. The van der Waals surface area contributed by atoms with E-state index in [2.05, 4.69) is 4.98 Å². The number of nitrogens with zero attached hydrogens (tertiary/aromatic N) is 1. The lowest BCUT2D eigenvalue weighted by atomic mass is 10.0. The minimum Gasteiger partial charge on any atom is -0.398 e. The van der Waals surface area contributed by atoms with E-state index in [4.69, 9.17) is 5.73 Å². The maximum atomic E-state index is 13.1. The third-order valence-corrected chi connectivity index (χ3v) is 3.94. The Morgan fingerprint density at radius 3 is 2.78 bits per heavy atom. The van der Waals surface area contributed by atoms with Crippen LogP contribution in [0.5, 0.6) is 0 Å². The fraction of sp³-hybridized carbons (Fsp3) is 0.308. The van der Waals surface area contributed by atoms with Crippen LogP contribution < -0.4 is 5.73 Å². The van der Waals surface area contributed by atoms with E-state index in [1.165, 1.54) is 18.2 Å². The molecular weight excluding hydrogens is 251 g/mol. The normalized spacial score (nSPS) is 12.7. The number of hydrogen-bond donors (Lipinski definition) is 2. The number of hydrogen-bond acceptors (Lipinski definition) is 4. The number of thiazole rings is 1. The number of aliphatic hydroxyl groups excluding tert-OH is 1. The Balaban J connectivity index is 2.21. The second-order valence-corrected chi connectivity index (χ2v) is 5.53. The molecule has 0 aliphatic carbocycles. The smallest absolute Gasteiger partial charge is 0.123 e. The number of aliphatic hydroxyl groups is 1. The molecule has 0 saturated carbocycles. The summed E-state index contributed by atoms with van der Waals surface area (Å²) < 4.78 is 13.1. The van der Waals surface area contributed by atoms with Crippen molar-refractivity contribution in [3.63, 3.8) is 0 Å². The molecule has 3 N–H and O–H groups in total. The summed E-state index contributed by atoms with van der Waals surface area (Å²) in [5, 5.41) is 10.9. The first-order valence-corrected chi connectivity index (χ1v) is 6.45. The summed E-state index contributed by atoms with van der Waals surface area (Å²) in [7, 11) is 0. The van der Waals surface area contributed by atoms with Crippen LogP contribution in [0.25, 0.3) is 0 Å². The molecule has 0 radical (unpaired) electrons. The lowest BCUT2D eigenvalue weighted by Gasteiger charge is -2.12. The number of anilines is 1. The summed E-state index contributed by atoms with van der Waals surface area (Å²) in [6, 6.07) is 4.02. The van der Waals surface area contributed by atoms with Crippen molar-refractivity contribution in [2.75, 3.05) is 5.73 Å². The number of nitrogen functional groups attached to an aromatic ring is 1. The molecule has 1 aromatic heterocycles. The van der Waals surface area contributed by atoms with Crippen molar-refractivity contribution < 1.29 is 9.50 Å². The van der Waals surface area contributed by atoms with Crippen LogP contribution in [-0.2, 0) is 6.42 Å². The third kappa shape index (κ3) is 2.68. The number of aryl methyl sites for hydroxylation is 2. The number of nitrogens with two attached hydrogens (primary N) is 1. The Morgan fingerprint density at radius 1 is 1.44 bits per heavy atom. The first kappa shape index (κ1) is 13.0. The summed E-state index contributed by atoms with van der Waals surface area (Å²) in [5.74, 6) is -0.398. The van der Waals surface area contributed by atoms with E-state index in [1.807, 2.05) is 13.8 Å². The molecule has 0 aliphatic heterocycles. The minimum absolute atomic E-state index is 0.354. The summed E-state index contributed by atoms with van der Waals surface area (Å²) in [6.45, 7) is 3.91. The van der Waals surface area contributed by atoms with E-state index in [1.54, 1.807) is 11.3 Å². The fourth-order valence-electron chi connectivity index (χ4n) is 1.74. The van der Waals surface area contributed by atoms with Gasteiger partial charge in [0, 0.05) is 22.5 Å². The monoisotopic (exact) mass is 266 g/mol. The summed E-state index contributed by atoms with van der Waals surface area (Å²) in [6.07, 6.45) is -0.474. The van der Waals surface area contributed by atoms with Crippen LogP contribution in [0.3, 0.4) is 0 Å². The Hall–Kier alpha value is -1.46. The van der Waals surface area contributed by atoms with Gasteiger partial charge in [-0.15, -0.1) is 11.3 Å². The Kier molecular flexibility index (Phi) is 3.63. The SMILES string of the molecule is Cc1nc(CC(O)c2cc(F)ccc2N)sc1C. The van der Waals surface area contributed by atoms with Gasteiger partial charge in [-0.1, -0.05) is 0 Å². The van der Waals surface area contributed by atoms with Crippen molar-refractivity contribution in [3.8, 4) is 0 Å². The van der Waals surface area contributed by atoms with Gasteiger partial charge in [-0.3, -0.25) is 0 Å². The largest absolute Gasteiger partial charge is 0.398 e. The highest BCUT2D eigenvalue weighted by atomic mass is 32.1. The van der Waals surface area contributed by atoms with Gasteiger partial charge in [0.05, 0.1) is 16.8 Å². The molecule has 18 heavy (non-hydrogen) atoms. The molecule has 0 fully saturated rings. The average molecular weight is 266 g/mol. The topological polar surface area (TPSA) is 59.1 Å². The number of halogens is 1. The van der Waals surface area contributed by atoms with Crippen LogP contribution in [0.1, 0.15) is 27.2 Å². The molecule has 0 saturated heterocycles. The second-order valence-electron chi connectivity index (χ2n) is 4.24. The van der Waals surface area contributed by atoms with E-state index in [-0.39, 0.29) is 0 Å². The molecule has 3 nitrogen and oxygen atoms in total. The van der Waals surface area contributed by atoms with Crippen molar-refractivity contribution in [2.24, 2.45) is 0 Å². The molecule has 1 unspecified atom stereocenters. The predicted octanol–water partition coefficient (Wildman–Crippen LogP) is 2.76. The van der Waals surface area contributed by atoms with Gasteiger partial charge in [0.25, 0.3) is 0 Å².